The Morgan fingerprint density at radius 1 is 0.720 bits per heavy atom. The van der Waals surface area contributed by atoms with Gasteiger partial charge in [0.25, 0.3) is 0 Å². The van der Waals surface area contributed by atoms with Crippen molar-refractivity contribution in [2.75, 3.05) is 0 Å². The van der Waals surface area contributed by atoms with E-state index in [9.17, 15) is 0 Å². The van der Waals surface area contributed by atoms with Gasteiger partial charge in [-0.25, -0.2) is 0 Å². The average Bonchev–Trinajstić information content (AvgIpc) is 2.69. The SMILES string of the molecule is c1ccc(OB(Cc2ccccn2)c2cccc3ccccc23)cc1. The lowest BCUT2D eigenvalue weighted by Gasteiger charge is -2.18. The Hall–Kier alpha value is -3.07. The van der Waals surface area contributed by atoms with E-state index in [4.69, 9.17) is 4.65 Å². The Morgan fingerprint density at radius 3 is 2.32 bits per heavy atom. The fourth-order valence-electron chi connectivity index (χ4n) is 3.12. The summed E-state index contributed by atoms with van der Waals surface area (Å²) in [5.74, 6) is 0.872. The molecule has 0 radical (unpaired) electrons. The Labute approximate surface area is 148 Å². The molecular weight excluding hydrogens is 305 g/mol. The third-order valence-corrected chi connectivity index (χ3v) is 4.31. The van der Waals surface area contributed by atoms with E-state index in [0.29, 0.717) is 0 Å². The average molecular weight is 323 g/mol. The molecule has 4 rings (SSSR count). The van der Waals surface area contributed by atoms with Gasteiger partial charge in [0.05, 0.1) is 5.75 Å². The van der Waals surface area contributed by atoms with Crippen molar-refractivity contribution in [3.05, 3.63) is 103 Å². The minimum absolute atomic E-state index is 0.0941. The highest BCUT2D eigenvalue weighted by Crippen LogP contribution is 2.16. The lowest BCUT2D eigenvalue weighted by molar-refractivity contribution is 0.577. The Morgan fingerprint density at radius 2 is 1.48 bits per heavy atom. The maximum absolute atomic E-state index is 6.37. The molecule has 1 heterocycles. The van der Waals surface area contributed by atoms with Gasteiger partial charge in [0, 0.05) is 18.2 Å². The number of hydrogen-bond donors (Lipinski definition) is 0. The van der Waals surface area contributed by atoms with E-state index in [1.807, 2.05) is 54.7 Å². The zero-order valence-corrected chi connectivity index (χ0v) is 13.9. The number of pyridine rings is 1. The molecule has 0 atom stereocenters. The van der Waals surface area contributed by atoms with Crippen LogP contribution in [0.4, 0.5) is 0 Å². The lowest BCUT2D eigenvalue weighted by atomic mass is 9.56. The molecule has 1 aromatic heterocycles. The Bertz CT molecular complexity index is 910. The first-order chi connectivity index (χ1) is 12.4. The largest absolute Gasteiger partial charge is 0.555 e. The molecule has 0 aliphatic carbocycles. The summed E-state index contributed by atoms with van der Waals surface area (Å²) in [7, 11) is 0. The van der Waals surface area contributed by atoms with Crippen molar-refractivity contribution >= 4 is 23.2 Å². The van der Waals surface area contributed by atoms with E-state index in [2.05, 4.69) is 47.4 Å². The molecule has 0 saturated heterocycles. The number of fused-ring (bicyclic) bond motifs is 1. The number of nitrogens with zero attached hydrogens (tertiary/aromatic N) is 1. The van der Waals surface area contributed by atoms with E-state index < -0.39 is 0 Å². The van der Waals surface area contributed by atoms with Crippen LogP contribution in [0, 0.1) is 0 Å². The van der Waals surface area contributed by atoms with E-state index in [1.54, 1.807) is 0 Å². The van der Waals surface area contributed by atoms with E-state index in [1.165, 1.54) is 16.2 Å². The molecule has 3 aromatic carbocycles. The maximum atomic E-state index is 6.37. The minimum Gasteiger partial charge on any atom is -0.555 e. The van der Waals surface area contributed by atoms with Gasteiger partial charge in [-0.15, -0.1) is 0 Å². The summed E-state index contributed by atoms with van der Waals surface area (Å²) >= 11 is 0. The maximum Gasteiger partial charge on any atom is 0.398 e. The van der Waals surface area contributed by atoms with Crippen LogP contribution in [0.5, 0.6) is 5.75 Å². The van der Waals surface area contributed by atoms with Gasteiger partial charge in [-0.2, -0.15) is 0 Å². The number of aromatic nitrogens is 1. The molecule has 25 heavy (non-hydrogen) atoms. The van der Waals surface area contributed by atoms with E-state index in [-0.39, 0.29) is 6.92 Å². The predicted molar refractivity (Wildman–Crippen MR) is 104 cm³/mol. The summed E-state index contributed by atoms with van der Waals surface area (Å²) in [4.78, 5) is 4.49. The van der Waals surface area contributed by atoms with Gasteiger partial charge in [0.2, 0.25) is 0 Å². The van der Waals surface area contributed by atoms with Crippen molar-refractivity contribution in [3.63, 3.8) is 0 Å². The fourth-order valence-corrected chi connectivity index (χ4v) is 3.12. The molecule has 0 saturated carbocycles. The molecule has 2 nitrogen and oxygen atoms in total. The van der Waals surface area contributed by atoms with Gasteiger partial charge in [-0.05, 0) is 40.5 Å². The number of hydrogen-bond acceptors (Lipinski definition) is 2. The van der Waals surface area contributed by atoms with Gasteiger partial charge in [0.1, 0.15) is 0 Å². The van der Waals surface area contributed by atoms with Crippen LogP contribution >= 0.6 is 0 Å². The second-order valence-electron chi connectivity index (χ2n) is 6.01. The minimum atomic E-state index is -0.0941. The van der Waals surface area contributed by atoms with Gasteiger partial charge in [-0.1, -0.05) is 66.7 Å². The van der Waals surface area contributed by atoms with Crippen LogP contribution in [0.3, 0.4) is 0 Å². The summed E-state index contributed by atoms with van der Waals surface area (Å²) in [5, 5.41) is 2.45. The van der Waals surface area contributed by atoms with Crippen molar-refractivity contribution in [2.24, 2.45) is 0 Å². The molecule has 120 valence electrons. The zero-order chi connectivity index (χ0) is 16.9. The summed E-state index contributed by atoms with van der Waals surface area (Å²) in [6, 6.07) is 30.8. The second kappa shape index (κ2) is 7.22. The van der Waals surface area contributed by atoms with Crippen LogP contribution in [0.2, 0.25) is 0 Å². The van der Waals surface area contributed by atoms with Crippen LogP contribution < -0.4 is 10.1 Å². The van der Waals surface area contributed by atoms with E-state index in [0.717, 1.165) is 17.8 Å². The molecule has 0 fully saturated rings. The molecule has 0 N–H and O–H groups in total. The van der Waals surface area contributed by atoms with Crippen molar-refractivity contribution in [3.8, 4) is 5.75 Å². The quantitative estimate of drug-likeness (QED) is 0.511. The molecule has 0 spiro atoms. The van der Waals surface area contributed by atoms with Gasteiger partial charge in [-0.3, -0.25) is 4.98 Å². The first-order valence-corrected chi connectivity index (χ1v) is 8.49. The van der Waals surface area contributed by atoms with Crippen LogP contribution in [0.1, 0.15) is 5.69 Å². The van der Waals surface area contributed by atoms with Gasteiger partial charge < -0.3 is 4.65 Å². The molecule has 3 heteroatoms. The molecule has 0 aliphatic rings. The predicted octanol–water partition coefficient (Wildman–Crippen LogP) is 4.29. The number of rotatable bonds is 5. The molecule has 4 aromatic rings. The summed E-state index contributed by atoms with van der Waals surface area (Å²) in [6.07, 6.45) is 2.56. The molecular formula is C22H18BNO. The number of para-hydroxylation sites is 1. The van der Waals surface area contributed by atoms with Crippen molar-refractivity contribution in [1.29, 1.82) is 0 Å². The van der Waals surface area contributed by atoms with Crippen LogP contribution in [0.15, 0.2) is 97.2 Å². The van der Waals surface area contributed by atoms with Crippen molar-refractivity contribution < 1.29 is 4.65 Å². The monoisotopic (exact) mass is 323 g/mol. The van der Waals surface area contributed by atoms with E-state index >= 15 is 0 Å². The normalized spacial score (nSPS) is 10.6. The highest BCUT2D eigenvalue weighted by molar-refractivity contribution is 6.70. The third kappa shape index (κ3) is 3.56. The third-order valence-electron chi connectivity index (χ3n) is 4.31. The smallest absolute Gasteiger partial charge is 0.398 e. The summed E-state index contributed by atoms with van der Waals surface area (Å²) in [5.41, 5.74) is 2.21. The molecule has 0 bridgehead atoms. The highest BCUT2D eigenvalue weighted by Gasteiger charge is 2.24. The fraction of sp³-hybridized carbons (Fsp3) is 0.0455. The van der Waals surface area contributed by atoms with Gasteiger partial charge >= 0.3 is 6.92 Å². The Balaban J connectivity index is 1.76. The van der Waals surface area contributed by atoms with Crippen molar-refractivity contribution in [2.45, 2.75) is 6.32 Å². The molecule has 0 unspecified atom stereocenters. The topological polar surface area (TPSA) is 22.1 Å². The zero-order valence-electron chi connectivity index (χ0n) is 13.9. The second-order valence-corrected chi connectivity index (χ2v) is 6.01. The van der Waals surface area contributed by atoms with Gasteiger partial charge in [0.15, 0.2) is 0 Å². The molecule has 0 amide bonds. The number of benzene rings is 3. The first-order valence-electron chi connectivity index (χ1n) is 8.49. The van der Waals surface area contributed by atoms with Crippen molar-refractivity contribution in [1.82, 2.24) is 4.98 Å². The summed E-state index contributed by atoms with van der Waals surface area (Å²) < 4.78 is 6.37. The summed E-state index contributed by atoms with van der Waals surface area (Å²) in [6.45, 7) is -0.0941. The van der Waals surface area contributed by atoms with Crippen LogP contribution in [0.25, 0.3) is 10.8 Å². The highest BCUT2D eigenvalue weighted by atomic mass is 16.4. The standard InChI is InChI=1S/C22H18BNO/c1-2-12-20(13-3-1)25-23(17-19-11-6-7-16-24-19)22-15-8-10-18-9-4-5-14-21(18)22/h1-16H,17H2. The van der Waals surface area contributed by atoms with Crippen LogP contribution in [-0.2, 0) is 6.32 Å². The van der Waals surface area contributed by atoms with Crippen LogP contribution in [-0.4, -0.2) is 11.9 Å². The first kappa shape index (κ1) is 15.5. The Kier molecular flexibility index (Phi) is 4.47. The lowest BCUT2D eigenvalue weighted by Crippen LogP contribution is -2.40. The molecule has 0 aliphatic heterocycles.